The number of halogens is 1. The molecule has 17 heavy (non-hydrogen) atoms. The van der Waals surface area contributed by atoms with Gasteiger partial charge in [0.2, 0.25) is 5.91 Å². The summed E-state index contributed by atoms with van der Waals surface area (Å²) in [5.41, 5.74) is 0.985. The molecule has 1 heterocycles. The highest BCUT2D eigenvalue weighted by Gasteiger charge is 2.29. The Kier molecular flexibility index (Phi) is 3.82. The summed E-state index contributed by atoms with van der Waals surface area (Å²) >= 11 is 3.36. The molecule has 1 aliphatic carbocycles. The highest BCUT2D eigenvalue weighted by Crippen LogP contribution is 2.32. The van der Waals surface area contributed by atoms with Gasteiger partial charge in [0, 0.05) is 16.6 Å². The van der Waals surface area contributed by atoms with Crippen molar-refractivity contribution in [3.05, 3.63) is 22.3 Å². The number of aryl methyl sites for hydroxylation is 1. The van der Waals surface area contributed by atoms with Crippen LogP contribution in [-0.2, 0) is 4.79 Å². The topological polar surface area (TPSA) is 42.0 Å². The first-order chi connectivity index (χ1) is 8.08. The molecule has 1 saturated carbocycles. The zero-order chi connectivity index (χ0) is 12.4. The van der Waals surface area contributed by atoms with Crippen LogP contribution in [0.4, 0.5) is 5.82 Å². The average Bonchev–Trinajstić information content (AvgIpc) is 2.68. The number of hydrogen-bond donors (Lipinski definition) is 1. The summed E-state index contributed by atoms with van der Waals surface area (Å²) in [6.45, 7) is 4.10. The minimum atomic E-state index is 0.118. The van der Waals surface area contributed by atoms with Crippen molar-refractivity contribution >= 4 is 27.7 Å². The first-order valence-corrected chi connectivity index (χ1v) is 6.80. The summed E-state index contributed by atoms with van der Waals surface area (Å²) in [7, 11) is 0. The maximum absolute atomic E-state index is 12.1. The van der Waals surface area contributed by atoms with Crippen molar-refractivity contribution in [1.29, 1.82) is 0 Å². The third-order valence-corrected chi connectivity index (χ3v) is 3.92. The van der Waals surface area contributed by atoms with Crippen LogP contribution in [0, 0.1) is 18.8 Å². The molecule has 0 aromatic carbocycles. The van der Waals surface area contributed by atoms with Crippen LogP contribution in [0.2, 0.25) is 0 Å². The lowest BCUT2D eigenvalue weighted by atomic mass is 9.97. The van der Waals surface area contributed by atoms with Gasteiger partial charge < -0.3 is 5.32 Å². The van der Waals surface area contributed by atoms with Crippen molar-refractivity contribution in [3.8, 4) is 0 Å². The average molecular weight is 297 g/mol. The van der Waals surface area contributed by atoms with Gasteiger partial charge in [-0.1, -0.05) is 13.3 Å². The molecule has 3 nitrogen and oxygen atoms in total. The fourth-order valence-corrected chi connectivity index (χ4v) is 2.86. The van der Waals surface area contributed by atoms with Gasteiger partial charge in [-0.15, -0.1) is 0 Å². The van der Waals surface area contributed by atoms with Crippen LogP contribution in [-0.4, -0.2) is 10.9 Å². The first kappa shape index (κ1) is 12.6. The number of nitrogens with one attached hydrogen (secondary N) is 1. The lowest BCUT2D eigenvalue weighted by Crippen LogP contribution is -2.25. The predicted octanol–water partition coefficient (Wildman–Crippen LogP) is 3.53. The predicted molar refractivity (Wildman–Crippen MR) is 71.8 cm³/mol. The van der Waals surface area contributed by atoms with Gasteiger partial charge in [0.25, 0.3) is 0 Å². The molecular weight excluding hydrogens is 280 g/mol. The number of pyridine rings is 1. The molecule has 2 atom stereocenters. The molecule has 2 rings (SSSR count). The molecule has 0 aliphatic heterocycles. The molecular formula is C13H17BrN2O. The van der Waals surface area contributed by atoms with Crippen LogP contribution < -0.4 is 5.32 Å². The van der Waals surface area contributed by atoms with E-state index in [0.29, 0.717) is 11.7 Å². The Morgan fingerprint density at radius 2 is 2.29 bits per heavy atom. The molecule has 1 N–H and O–H groups in total. The van der Waals surface area contributed by atoms with Crippen molar-refractivity contribution in [2.24, 2.45) is 11.8 Å². The Morgan fingerprint density at radius 3 is 2.88 bits per heavy atom. The van der Waals surface area contributed by atoms with Crippen molar-refractivity contribution in [2.75, 3.05) is 5.32 Å². The zero-order valence-electron chi connectivity index (χ0n) is 10.2. The highest BCUT2D eigenvalue weighted by atomic mass is 79.9. The Labute approximate surface area is 110 Å². The van der Waals surface area contributed by atoms with Crippen molar-refractivity contribution in [1.82, 2.24) is 4.98 Å². The van der Waals surface area contributed by atoms with Crippen LogP contribution in [0.15, 0.2) is 16.7 Å². The zero-order valence-corrected chi connectivity index (χ0v) is 11.8. The Morgan fingerprint density at radius 1 is 1.53 bits per heavy atom. The lowest BCUT2D eigenvalue weighted by Gasteiger charge is -2.15. The van der Waals surface area contributed by atoms with Crippen LogP contribution in [0.5, 0.6) is 0 Å². The standard InChI is InChI=1S/C13H17BrN2O/c1-8-4-3-5-11(8)13(17)16-12-9(2)6-10(14)7-15-12/h6-8,11H,3-5H2,1-2H3,(H,15,16,17). The third-order valence-electron chi connectivity index (χ3n) is 3.48. The summed E-state index contributed by atoms with van der Waals surface area (Å²) < 4.78 is 0.933. The molecule has 0 saturated heterocycles. The summed E-state index contributed by atoms with van der Waals surface area (Å²) in [6.07, 6.45) is 5.03. The third kappa shape index (κ3) is 2.86. The van der Waals surface area contributed by atoms with Gasteiger partial charge in [-0.3, -0.25) is 4.79 Å². The number of anilines is 1. The largest absolute Gasteiger partial charge is 0.310 e. The van der Waals surface area contributed by atoms with Gasteiger partial charge in [-0.2, -0.15) is 0 Å². The van der Waals surface area contributed by atoms with E-state index in [9.17, 15) is 4.79 Å². The van der Waals surface area contributed by atoms with E-state index in [1.54, 1.807) is 6.20 Å². The molecule has 4 heteroatoms. The summed E-state index contributed by atoms with van der Waals surface area (Å²) in [4.78, 5) is 16.3. The SMILES string of the molecule is Cc1cc(Br)cnc1NC(=O)C1CCCC1C. The smallest absolute Gasteiger partial charge is 0.228 e. The minimum Gasteiger partial charge on any atom is -0.310 e. The molecule has 1 aliphatic rings. The van der Waals surface area contributed by atoms with E-state index < -0.39 is 0 Å². The molecule has 0 spiro atoms. The number of hydrogen-bond acceptors (Lipinski definition) is 2. The number of amides is 1. The van der Waals surface area contributed by atoms with E-state index in [-0.39, 0.29) is 11.8 Å². The van der Waals surface area contributed by atoms with Gasteiger partial charge in [0.05, 0.1) is 0 Å². The summed E-state index contributed by atoms with van der Waals surface area (Å²) in [5, 5.41) is 2.94. The fraction of sp³-hybridized carbons (Fsp3) is 0.538. The van der Waals surface area contributed by atoms with Crippen LogP contribution in [0.3, 0.4) is 0 Å². The molecule has 1 fully saturated rings. The summed E-state index contributed by atoms with van der Waals surface area (Å²) in [6, 6.07) is 1.96. The van der Waals surface area contributed by atoms with E-state index in [0.717, 1.165) is 29.3 Å². The minimum absolute atomic E-state index is 0.118. The molecule has 2 unspecified atom stereocenters. The molecule has 92 valence electrons. The highest BCUT2D eigenvalue weighted by molar-refractivity contribution is 9.10. The van der Waals surface area contributed by atoms with Crippen molar-refractivity contribution in [2.45, 2.75) is 33.1 Å². The maximum atomic E-state index is 12.1. The second-order valence-electron chi connectivity index (χ2n) is 4.82. The van der Waals surface area contributed by atoms with E-state index in [1.165, 1.54) is 0 Å². The van der Waals surface area contributed by atoms with Gasteiger partial charge in [0.15, 0.2) is 0 Å². The number of nitrogens with zero attached hydrogens (tertiary/aromatic N) is 1. The second kappa shape index (κ2) is 5.17. The number of carbonyl (C=O) groups is 1. The van der Waals surface area contributed by atoms with Gasteiger partial charge in [0.1, 0.15) is 5.82 Å². The Bertz CT molecular complexity index is 433. The summed E-state index contributed by atoms with van der Waals surface area (Å²) in [5.74, 6) is 1.44. The first-order valence-electron chi connectivity index (χ1n) is 6.01. The second-order valence-corrected chi connectivity index (χ2v) is 5.74. The van der Waals surface area contributed by atoms with Crippen LogP contribution in [0.25, 0.3) is 0 Å². The van der Waals surface area contributed by atoms with Crippen LogP contribution in [0.1, 0.15) is 31.7 Å². The van der Waals surface area contributed by atoms with Gasteiger partial charge >= 0.3 is 0 Å². The van der Waals surface area contributed by atoms with E-state index in [2.05, 4.69) is 33.2 Å². The number of aromatic nitrogens is 1. The van der Waals surface area contributed by atoms with Crippen molar-refractivity contribution < 1.29 is 4.79 Å². The van der Waals surface area contributed by atoms with Gasteiger partial charge in [-0.25, -0.2) is 4.98 Å². The molecule has 1 aromatic heterocycles. The lowest BCUT2D eigenvalue weighted by molar-refractivity contribution is -0.120. The maximum Gasteiger partial charge on any atom is 0.228 e. The van der Waals surface area contributed by atoms with Crippen molar-refractivity contribution in [3.63, 3.8) is 0 Å². The normalized spacial score (nSPS) is 23.7. The van der Waals surface area contributed by atoms with E-state index in [4.69, 9.17) is 0 Å². The molecule has 0 bridgehead atoms. The molecule has 1 amide bonds. The number of carbonyl (C=O) groups excluding carboxylic acids is 1. The van der Waals surface area contributed by atoms with E-state index >= 15 is 0 Å². The van der Waals surface area contributed by atoms with E-state index in [1.807, 2.05) is 13.0 Å². The number of rotatable bonds is 2. The monoisotopic (exact) mass is 296 g/mol. The quantitative estimate of drug-likeness (QED) is 0.907. The Hall–Kier alpha value is -0.900. The van der Waals surface area contributed by atoms with Gasteiger partial charge in [-0.05, 0) is 53.2 Å². The molecule has 0 radical (unpaired) electrons. The molecule has 1 aromatic rings. The van der Waals surface area contributed by atoms with Crippen LogP contribution >= 0.6 is 15.9 Å². The fourth-order valence-electron chi connectivity index (χ4n) is 2.42. The Balaban J connectivity index is 2.07.